The Morgan fingerprint density at radius 3 is 2.53 bits per heavy atom. The molecule has 0 saturated carbocycles. The average Bonchev–Trinajstić information content (AvgIpc) is 2.89. The van der Waals surface area contributed by atoms with E-state index in [9.17, 15) is 18.0 Å². The van der Waals surface area contributed by atoms with Crippen molar-refractivity contribution in [2.45, 2.75) is 6.18 Å². The number of piperazine rings is 1. The van der Waals surface area contributed by atoms with Gasteiger partial charge in [-0.15, -0.1) is 0 Å². The largest absolute Gasteiger partial charge is 0.454 e. The summed E-state index contributed by atoms with van der Waals surface area (Å²) in [6, 6.07) is 10.5. The highest BCUT2D eigenvalue weighted by molar-refractivity contribution is 6.03. The molecule has 2 aliphatic heterocycles. The molecule has 4 rings (SSSR count). The summed E-state index contributed by atoms with van der Waals surface area (Å²) in [6.07, 6.45) is -4.47. The Hall–Kier alpha value is -3.07. The average molecular weight is 419 g/mol. The van der Waals surface area contributed by atoms with Gasteiger partial charge in [0, 0.05) is 33.3 Å². The van der Waals surface area contributed by atoms with E-state index in [1.807, 2.05) is 17.0 Å². The van der Waals surface area contributed by atoms with Crippen molar-refractivity contribution in [1.29, 1.82) is 0 Å². The zero-order valence-electron chi connectivity index (χ0n) is 16.3. The molecule has 2 aromatic rings. The maximum Gasteiger partial charge on any atom is 0.416 e. The number of hydrogen-bond acceptors (Lipinski definition) is 5. The van der Waals surface area contributed by atoms with Gasteiger partial charge in [0.1, 0.15) is 23.9 Å². The lowest BCUT2D eigenvalue weighted by molar-refractivity contribution is -0.137. The number of alkyl halides is 3. The zero-order chi connectivity index (χ0) is 21.3. The van der Waals surface area contributed by atoms with Gasteiger partial charge in [0.05, 0.1) is 11.1 Å². The monoisotopic (exact) mass is 419 g/mol. The highest BCUT2D eigenvalue weighted by Crippen LogP contribution is 2.41. The summed E-state index contributed by atoms with van der Waals surface area (Å²) in [5.74, 6) is 1.22. The van der Waals surface area contributed by atoms with E-state index >= 15 is 0 Å². The third-order valence-corrected chi connectivity index (χ3v) is 5.06. The minimum absolute atomic E-state index is 0.0191. The molecular weight excluding hydrogens is 399 g/mol. The van der Waals surface area contributed by atoms with Crippen LogP contribution in [0.2, 0.25) is 0 Å². The quantitative estimate of drug-likeness (QED) is 0.745. The smallest absolute Gasteiger partial charge is 0.416 e. The Morgan fingerprint density at radius 2 is 1.83 bits per heavy atom. The van der Waals surface area contributed by atoms with E-state index < -0.39 is 11.7 Å². The van der Waals surface area contributed by atoms with Gasteiger partial charge in [0.2, 0.25) is 5.91 Å². The molecule has 158 valence electrons. The number of nitrogens with zero attached hydrogens (tertiary/aromatic N) is 3. The number of fused-ring (bicyclic) bond motifs is 2. The van der Waals surface area contributed by atoms with Gasteiger partial charge in [-0.2, -0.15) is 13.2 Å². The highest BCUT2D eigenvalue weighted by Gasteiger charge is 2.33. The van der Waals surface area contributed by atoms with Crippen molar-refractivity contribution in [2.24, 2.45) is 4.99 Å². The van der Waals surface area contributed by atoms with Crippen LogP contribution < -0.4 is 4.74 Å². The Labute approximate surface area is 171 Å². The Bertz CT molecular complexity index is 983. The number of amidine groups is 1. The first-order valence-electron chi connectivity index (χ1n) is 9.45. The van der Waals surface area contributed by atoms with Gasteiger partial charge in [-0.25, -0.2) is 4.99 Å². The van der Waals surface area contributed by atoms with E-state index in [0.717, 1.165) is 12.1 Å². The lowest BCUT2D eigenvalue weighted by atomic mass is 10.1. The number of hydrogen-bond donors (Lipinski definition) is 0. The van der Waals surface area contributed by atoms with Gasteiger partial charge in [0.25, 0.3) is 0 Å². The molecule has 1 amide bonds. The van der Waals surface area contributed by atoms with Gasteiger partial charge in [-0.05, 0) is 30.3 Å². The molecule has 1 saturated heterocycles. The van der Waals surface area contributed by atoms with E-state index in [2.05, 4.69) is 4.99 Å². The van der Waals surface area contributed by atoms with E-state index in [1.165, 1.54) is 13.2 Å². The fraction of sp³-hybridized carbons (Fsp3) is 0.333. The molecule has 0 aliphatic carbocycles. The molecule has 0 atom stereocenters. The number of methoxy groups -OCH3 is 1. The third-order valence-electron chi connectivity index (χ3n) is 5.06. The minimum atomic E-state index is -4.47. The molecule has 0 unspecified atom stereocenters. The molecule has 0 radical (unpaired) electrons. The number of halogens is 3. The normalized spacial score (nSPS) is 16.2. The maximum atomic E-state index is 13.2. The first-order chi connectivity index (χ1) is 14.4. The number of rotatable bonds is 2. The fourth-order valence-corrected chi connectivity index (χ4v) is 3.52. The SMILES string of the molecule is COCC(=O)N1CCN(C2=Nc3cc(C(F)(F)F)ccc3Oc3ccccc32)CC1. The van der Waals surface area contributed by atoms with Crippen LogP contribution in [0, 0.1) is 0 Å². The van der Waals surface area contributed by atoms with Gasteiger partial charge >= 0.3 is 6.18 Å². The van der Waals surface area contributed by atoms with Crippen LogP contribution in [0.3, 0.4) is 0 Å². The number of carbonyl (C=O) groups excluding carboxylic acids is 1. The van der Waals surface area contributed by atoms with Gasteiger partial charge in [-0.1, -0.05) is 12.1 Å². The first kappa shape index (κ1) is 20.2. The van der Waals surface area contributed by atoms with Crippen LogP contribution in [0.4, 0.5) is 18.9 Å². The first-order valence-corrected chi connectivity index (χ1v) is 9.45. The summed E-state index contributed by atoms with van der Waals surface area (Å²) in [5, 5.41) is 0. The number of para-hydroxylation sites is 1. The fourth-order valence-electron chi connectivity index (χ4n) is 3.52. The standard InChI is InChI=1S/C21H20F3N3O3/c1-29-13-19(28)26-8-10-27(11-9-26)20-15-4-2-3-5-17(15)30-18-7-6-14(21(22,23)24)12-16(18)25-20/h2-7,12H,8-11,13H2,1H3. The van der Waals surface area contributed by atoms with Crippen molar-refractivity contribution in [3.8, 4) is 11.5 Å². The predicted octanol–water partition coefficient (Wildman–Crippen LogP) is 3.68. The molecule has 0 N–H and O–H groups in total. The van der Waals surface area contributed by atoms with Crippen molar-refractivity contribution in [3.63, 3.8) is 0 Å². The number of benzene rings is 2. The second kappa shape index (κ2) is 7.98. The molecule has 9 heteroatoms. The summed E-state index contributed by atoms with van der Waals surface area (Å²) in [6.45, 7) is 1.96. The molecule has 0 spiro atoms. The summed E-state index contributed by atoms with van der Waals surface area (Å²) >= 11 is 0. The summed E-state index contributed by atoms with van der Waals surface area (Å²) < 4.78 is 50.4. The molecule has 2 aromatic carbocycles. The van der Waals surface area contributed by atoms with Crippen LogP contribution in [0.5, 0.6) is 11.5 Å². The summed E-state index contributed by atoms with van der Waals surface area (Å²) in [5.41, 5.74) is 0.0294. The second-order valence-electron chi connectivity index (χ2n) is 7.01. The zero-order valence-corrected chi connectivity index (χ0v) is 16.3. The van der Waals surface area contributed by atoms with Crippen LogP contribution in [0.15, 0.2) is 47.5 Å². The molecule has 1 fully saturated rings. The molecule has 6 nitrogen and oxygen atoms in total. The van der Waals surface area contributed by atoms with Crippen molar-refractivity contribution in [1.82, 2.24) is 9.80 Å². The van der Waals surface area contributed by atoms with Crippen molar-refractivity contribution in [2.75, 3.05) is 39.9 Å². The van der Waals surface area contributed by atoms with E-state index in [-0.39, 0.29) is 24.0 Å². The van der Waals surface area contributed by atoms with E-state index in [1.54, 1.807) is 17.0 Å². The molecule has 2 aliphatic rings. The number of carbonyl (C=O) groups is 1. The number of aliphatic imine (C=N–C) groups is 1. The Balaban J connectivity index is 1.69. The second-order valence-corrected chi connectivity index (χ2v) is 7.01. The Morgan fingerprint density at radius 1 is 1.10 bits per heavy atom. The van der Waals surface area contributed by atoms with Gasteiger partial charge in [-0.3, -0.25) is 4.79 Å². The molecule has 0 aromatic heterocycles. The molecule has 30 heavy (non-hydrogen) atoms. The minimum Gasteiger partial charge on any atom is -0.454 e. The molecular formula is C21H20F3N3O3. The van der Waals surface area contributed by atoms with Crippen LogP contribution >= 0.6 is 0 Å². The van der Waals surface area contributed by atoms with Gasteiger partial charge in [0.15, 0.2) is 5.75 Å². The van der Waals surface area contributed by atoms with E-state index in [0.29, 0.717) is 43.3 Å². The van der Waals surface area contributed by atoms with Crippen LogP contribution in [-0.2, 0) is 15.7 Å². The van der Waals surface area contributed by atoms with E-state index in [4.69, 9.17) is 9.47 Å². The van der Waals surface area contributed by atoms with Crippen LogP contribution in [0.1, 0.15) is 11.1 Å². The highest BCUT2D eigenvalue weighted by atomic mass is 19.4. The molecule has 0 bridgehead atoms. The molecule has 2 heterocycles. The Kier molecular flexibility index (Phi) is 5.38. The summed E-state index contributed by atoms with van der Waals surface area (Å²) in [7, 11) is 1.47. The predicted molar refractivity (Wildman–Crippen MR) is 104 cm³/mol. The number of amides is 1. The van der Waals surface area contributed by atoms with Crippen molar-refractivity contribution < 1.29 is 27.4 Å². The lowest BCUT2D eigenvalue weighted by Gasteiger charge is -2.36. The van der Waals surface area contributed by atoms with Crippen LogP contribution in [0.25, 0.3) is 0 Å². The van der Waals surface area contributed by atoms with Gasteiger partial charge < -0.3 is 19.3 Å². The van der Waals surface area contributed by atoms with Crippen LogP contribution in [-0.4, -0.2) is 61.4 Å². The maximum absolute atomic E-state index is 13.2. The number of ether oxygens (including phenoxy) is 2. The lowest BCUT2D eigenvalue weighted by Crippen LogP contribution is -2.51. The third kappa shape index (κ3) is 3.97. The topological polar surface area (TPSA) is 54.4 Å². The summed E-state index contributed by atoms with van der Waals surface area (Å²) in [4.78, 5) is 20.3. The van der Waals surface area contributed by atoms with Crippen molar-refractivity contribution in [3.05, 3.63) is 53.6 Å². The van der Waals surface area contributed by atoms with Crippen molar-refractivity contribution >= 4 is 17.4 Å².